The van der Waals surface area contributed by atoms with E-state index in [1.54, 1.807) is 17.8 Å². The summed E-state index contributed by atoms with van der Waals surface area (Å²) in [6.07, 6.45) is 0.943. The molecule has 0 unspecified atom stereocenters. The van der Waals surface area contributed by atoms with Crippen molar-refractivity contribution in [1.82, 2.24) is 15.1 Å². The molecule has 0 radical (unpaired) electrons. The summed E-state index contributed by atoms with van der Waals surface area (Å²) in [5.74, 6) is -1.60. The highest BCUT2D eigenvalue weighted by Gasteiger charge is 2.57. The number of ether oxygens (including phenoxy) is 1. The van der Waals surface area contributed by atoms with Crippen molar-refractivity contribution < 1.29 is 33.9 Å². The van der Waals surface area contributed by atoms with Gasteiger partial charge in [0.2, 0.25) is 0 Å². The lowest BCUT2D eigenvalue weighted by atomic mass is 9.71. The second-order valence-corrected chi connectivity index (χ2v) is 9.47. The van der Waals surface area contributed by atoms with Crippen LogP contribution >= 0.6 is 11.8 Å². The molecule has 4 heterocycles. The van der Waals surface area contributed by atoms with Crippen LogP contribution in [0.3, 0.4) is 0 Å². The zero-order valence-corrected chi connectivity index (χ0v) is 18.8. The Hall–Kier alpha value is -2.93. The van der Waals surface area contributed by atoms with Gasteiger partial charge in [0.1, 0.15) is 22.6 Å². The SMILES string of the molecule is COc1ccc2c(c1C(=O)O)OB(O)[C@@H](N1C(=O)NC3(CCN(C4=NCCS4)CC3)C1=O)C2. The lowest BCUT2D eigenvalue weighted by molar-refractivity contribution is -0.133. The molecule has 174 valence electrons. The summed E-state index contributed by atoms with van der Waals surface area (Å²) in [4.78, 5) is 45.8. The molecule has 33 heavy (non-hydrogen) atoms. The molecule has 5 rings (SSSR count). The number of carboxylic acid groups (broad SMARTS) is 1. The number of carboxylic acids is 1. The molecule has 4 aliphatic rings. The van der Waals surface area contributed by atoms with Crippen LogP contribution in [0, 0.1) is 0 Å². The number of nitrogens with zero attached hydrogens (tertiary/aromatic N) is 3. The molecule has 11 nitrogen and oxygen atoms in total. The van der Waals surface area contributed by atoms with E-state index in [0.717, 1.165) is 22.4 Å². The first-order valence-corrected chi connectivity index (χ1v) is 11.7. The predicted octanol–water partition coefficient (Wildman–Crippen LogP) is 0.206. The number of amidine groups is 1. The van der Waals surface area contributed by atoms with Crippen LogP contribution in [0.5, 0.6) is 11.5 Å². The van der Waals surface area contributed by atoms with Crippen LogP contribution < -0.4 is 14.7 Å². The number of rotatable bonds is 3. The number of thioether (sulfide) groups is 1. The number of urea groups is 1. The summed E-state index contributed by atoms with van der Waals surface area (Å²) in [5, 5.41) is 24.1. The number of piperidine rings is 1. The minimum absolute atomic E-state index is 0.0180. The summed E-state index contributed by atoms with van der Waals surface area (Å²) >= 11 is 1.70. The summed E-state index contributed by atoms with van der Waals surface area (Å²) in [6.45, 7) is 1.99. The second kappa shape index (κ2) is 8.14. The molecule has 3 N–H and O–H groups in total. The number of hydrogen-bond donors (Lipinski definition) is 3. The molecule has 2 fully saturated rings. The van der Waals surface area contributed by atoms with E-state index in [0.29, 0.717) is 31.5 Å². The van der Waals surface area contributed by atoms with Crippen LogP contribution in [0.15, 0.2) is 17.1 Å². The fourth-order valence-electron chi connectivity index (χ4n) is 4.90. The molecular weight excluding hydrogens is 451 g/mol. The lowest BCUT2D eigenvalue weighted by Crippen LogP contribution is -2.58. The van der Waals surface area contributed by atoms with Gasteiger partial charge in [-0.1, -0.05) is 17.8 Å². The first-order valence-electron chi connectivity index (χ1n) is 10.7. The van der Waals surface area contributed by atoms with Gasteiger partial charge in [-0.25, -0.2) is 9.59 Å². The normalized spacial score (nSPS) is 23.9. The zero-order valence-electron chi connectivity index (χ0n) is 17.9. The van der Waals surface area contributed by atoms with E-state index in [1.807, 2.05) is 0 Å². The fourth-order valence-corrected chi connectivity index (χ4v) is 5.81. The summed E-state index contributed by atoms with van der Waals surface area (Å²) in [7, 11) is -0.233. The van der Waals surface area contributed by atoms with Crippen LogP contribution in [0.4, 0.5) is 4.79 Å². The van der Waals surface area contributed by atoms with Gasteiger partial charge in [-0.15, -0.1) is 0 Å². The Labute approximate surface area is 194 Å². The van der Waals surface area contributed by atoms with E-state index in [1.165, 1.54) is 13.2 Å². The van der Waals surface area contributed by atoms with Crippen LogP contribution in [-0.2, 0) is 11.2 Å². The van der Waals surface area contributed by atoms with Crippen molar-refractivity contribution in [2.24, 2.45) is 4.99 Å². The van der Waals surface area contributed by atoms with Gasteiger partial charge in [0, 0.05) is 18.8 Å². The van der Waals surface area contributed by atoms with E-state index in [9.17, 15) is 24.5 Å². The summed E-state index contributed by atoms with van der Waals surface area (Å²) in [5.41, 5.74) is -0.763. The third kappa shape index (κ3) is 3.50. The highest BCUT2D eigenvalue weighted by Crippen LogP contribution is 2.39. The number of methoxy groups -OCH3 is 1. The zero-order chi connectivity index (χ0) is 23.3. The van der Waals surface area contributed by atoms with Gasteiger partial charge in [-0.05, 0) is 30.9 Å². The van der Waals surface area contributed by atoms with E-state index >= 15 is 0 Å². The van der Waals surface area contributed by atoms with Crippen molar-refractivity contribution in [3.8, 4) is 11.5 Å². The van der Waals surface area contributed by atoms with E-state index < -0.39 is 36.5 Å². The molecule has 2 saturated heterocycles. The van der Waals surface area contributed by atoms with Crippen LogP contribution in [0.2, 0.25) is 0 Å². The number of fused-ring (bicyclic) bond motifs is 1. The molecular formula is C20H23BN4O7S. The monoisotopic (exact) mass is 474 g/mol. The van der Waals surface area contributed by atoms with Gasteiger partial charge in [0.25, 0.3) is 5.91 Å². The molecule has 0 aromatic heterocycles. The molecule has 13 heteroatoms. The average Bonchev–Trinajstić information content (AvgIpc) is 3.41. The Balaban J connectivity index is 1.37. The Bertz CT molecular complexity index is 1060. The number of nitrogens with one attached hydrogen (secondary N) is 1. The molecule has 1 spiro atoms. The number of carbonyl (C=O) groups is 3. The highest BCUT2D eigenvalue weighted by molar-refractivity contribution is 8.14. The Morgan fingerprint density at radius 3 is 2.76 bits per heavy atom. The average molecular weight is 474 g/mol. The number of hydrogen-bond acceptors (Lipinski definition) is 9. The van der Waals surface area contributed by atoms with Crippen LogP contribution in [-0.4, -0.2) is 94.1 Å². The van der Waals surface area contributed by atoms with Gasteiger partial charge in [0.05, 0.1) is 19.6 Å². The molecule has 0 bridgehead atoms. The molecule has 3 amide bonds. The van der Waals surface area contributed by atoms with E-state index in [-0.39, 0.29) is 23.5 Å². The largest absolute Gasteiger partial charge is 0.547 e. The minimum Gasteiger partial charge on any atom is -0.534 e. The quantitative estimate of drug-likeness (QED) is 0.414. The second-order valence-electron chi connectivity index (χ2n) is 8.40. The van der Waals surface area contributed by atoms with Crippen LogP contribution in [0.25, 0.3) is 0 Å². The van der Waals surface area contributed by atoms with Gasteiger partial charge in [-0.3, -0.25) is 14.7 Å². The van der Waals surface area contributed by atoms with Gasteiger partial charge in [0.15, 0.2) is 5.17 Å². The molecule has 0 saturated carbocycles. The van der Waals surface area contributed by atoms with Gasteiger partial charge >= 0.3 is 19.1 Å². The van der Waals surface area contributed by atoms with Crippen molar-refractivity contribution in [2.45, 2.75) is 30.7 Å². The predicted molar refractivity (Wildman–Crippen MR) is 120 cm³/mol. The number of aromatic carboxylic acids is 1. The number of likely N-dealkylation sites (tertiary alicyclic amines) is 1. The topological polar surface area (TPSA) is 141 Å². The lowest BCUT2D eigenvalue weighted by Gasteiger charge is -2.38. The van der Waals surface area contributed by atoms with Crippen LogP contribution in [0.1, 0.15) is 28.8 Å². The Kier molecular flexibility index (Phi) is 5.40. The Morgan fingerprint density at radius 1 is 1.36 bits per heavy atom. The molecule has 1 atom stereocenters. The third-order valence-corrected chi connectivity index (χ3v) is 7.65. The van der Waals surface area contributed by atoms with Gasteiger partial charge in [-0.2, -0.15) is 0 Å². The first kappa shape index (κ1) is 21.9. The molecule has 1 aromatic carbocycles. The Morgan fingerprint density at radius 2 is 2.12 bits per heavy atom. The summed E-state index contributed by atoms with van der Waals surface area (Å²) < 4.78 is 10.6. The molecule has 4 aliphatic heterocycles. The number of imide groups is 1. The van der Waals surface area contributed by atoms with Crippen molar-refractivity contribution in [3.05, 3.63) is 23.3 Å². The number of carbonyl (C=O) groups excluding carboxylic acids is 2. The molecule has 1 aromatic rings. The molecule has 0 aliphatic carbocycles. The van der Waals surface area contributed by atoms with Gasteiger partial charge < -0.3 is 29.7 Å². The van der Waals surface area contributed by atoms with Crippen molar-refractivity contribution in [3.63, 3.8) is 0 Å². The maximum atomic E-state index is 13.5. The van der Waals surface area contributed by atoms with Crippen molar-refractivity contribution >= 4 is 42.0 Å². The maximum Gasteiger partial charge on any atom is 0.547 e. The van der Waals surface area contributed by atoms with Crippen molar-refractivity contribution in [2.75, 3.05) is 32.5 Å². The number of benzene rings is 1. The van der Waals surface area contributed by atoms with Crippen molar-refractivity contribution in [1.29, 1.82) is 0 Å². The standard InChI is InChI=1S/C20H23BN4O7S/c1-31-12-3-2-11-10-13(21(30)32-15(11)14(12)16(26)27)25-17(28)20(23-18(25)29)4-7-24(8-5-20)19-22-6-9-33-19/h2-3,13,30H,4-10H2,1H3,(H,23,29)(H,26,27)/t13-/m0/s1. The number of aliphatic imine (C=N–C) groups is 1. The van der Waals surface area contributed by atoms with E-state index in [2.05, 4.69) is 15.2 Å². The first-order chi connectivity index (χ1) is 15.8. The minimum atomic E-state index is -1.57. The summed E-state index contributed by atoms with van der Waals surface area (Å²) in [6, 6.07) is 2.53. The fraction of sp³-hybridized carbons (Fsp3) is 0.500. The third-order valence-electron chi connectivity index (χ3n) is 6.61. The smallest absolute Gasteiger partial charge is 0.534 e. The van der Waals surface area contributed by atoms with E-state index in [4.69, 9.17) is 9.39 Å². The number of amides is 3. The highest BCUT2D eigenvalue weighted by atomic mass is 32.2. The maximum absolute atomic E-state index is 13.5.